The standard InChI is InChI=1S/C29H24Cl2N3S/c1-18(2)27-29(35-25-16-23(30)15-24(31)17-25)34-28(33-27)26(13-19-9-11-32-12-10-19)22-8-7-20-5-3-4-6-21(20)14-22/h3-12,15-18,26H,13H2,1-2H3,(H,33,34). The summed E-state index contributed by atoms with van der Waals surface area (Å²) in [4.78, 5) is 13.9. The first-order valence-corrected chi connectivity index (χ1v) is 13.1. The van der Waals surface area contributed by atoms with Crippen molar-refractivity contribution in [3.63, 3.8) is 0 Å². The molecule has 2 aromatic heterocycles. The van der Waals surface area contributed by atoms with E-state index in [1.165, 1.54) is 10.9 Å². The van der Waals surface area contributed by atoms with Crippen LogP contribution in [-0.2, 0) is 6.42 Å². The van der Waals surface area contributed by atoms with E-state index in [1.807, 2.05) is 24.5 Å². The molecular formula is C29H24Cl2N3S. The van der Waals surface area contributed by atoms with Crippen molar-refractivity contribution in [3.8, 4) is 0 Å². The van der Waals surface area contributed by atoms with Crippen molar-refractivity contribution in [2.75, 3.05) is 0 Å². The Morgan fingerprint density at radius 2 is 1.69 bits per heavy atom. The molecule has 0 amide bonds. The van der Waals surface area contributed by atoms with Crippen molar-refractivity contribution in [2.24, 2.45) is 0 Å². The summed E-state index contributed by atoms with van der Waals surface area (Å²) in [6, 6.07) is 26.0. The van der Waals surface area contributed by atoms with Crippen LogP contribution < -0.4 is 0 Å². The van der Waals surface area contributed by atoms with Crippen LogP contribution in [0.4, 0.5) is 0 Å². The molecule has 2 heterocycles. The van der Waals surface area contributed by atoms with Crippen molar-refractivity contribution in [1.82, 2.24) is 15.0 Å². The minimum absolute atomic E-state index is 0.0109. The fourth-order valence-corrected chi connectivity index (χ4v) is 5.98. The first-order valence-electron chi connectivity index (χ1n) is 11.5. The second-order valence-electron chi connectivity index (χ2n) is 8.81. The number of aromatic amines is 1. The van der Waals surface area contributed by atoms with Gasteiger partial charge in [-0.15, -0.1) is 0 Å². The van der Waals surface area contributed by atoms with Crippen molar-refractivity contribution in [2.45, 2.75) is 42.0 Å². The van der Waals surface area contributed by atoms with Gasteiger partial charge in [-0.2, -0.15) is 0 Å². The van der Waals surface area contributed by atoms with Gasteiger partial charge < -0.3 is 4.98 Å². The van der Waals surface area contributed by atoms with E-state index < -0.39 is 0 Å². The molecule has 5 rings (SSSR count). The third kappa shape index (κ3) is 5.56. The molecule has 0 saturated heterocycles. The fourth-order valence-electron chi connectivity index (χ4n) is 4.17. The number of imidazole rings is 1. The van der Waals surface area contributed by atoms with Crippen LogP contribution in [0.2, 0.25) is 10.0 Å². The summed E-state index contributed by atoms with van der Waals surface area (Å²) in [7, 11) is 0. The Labute approximate surface area is 219 Å². The number of H-pyrrole nitrogens is 1. The van der Waals surface area contributed by atoms with Gasteiger partial charge in [0, 0.05) is 33.3 Å². The van der Waals surface area contributed by atoms with Crippen LogP contribution in [0.3, 0.4) is 0 Å². The first-order chi connectivity index (χ1) is 17.0. The highest BCUT2D eigenvalue weighted by atomic mass is 35.5. The van der Waals surface area contributed by atoms with Crippen molar-refractivity contribution in [3.05, 3.63) is 118 Å². The number of halogens is 2. The quantitative estimate of drug-likeness (QED) is 0.235. The molecule has 35 heavy (non-hydrogen) atoms. The number of fused-ring (bicyclic) bond motifs is 1. The zero-order valence-electron chi connectivity index (χ0n) is 19.4. The number of aromatic nitrogens is 3. The molecule has 0 aliphatic rings. The van der Waals surface area contributed by atoms with E-state index in [4.69, 9.17) is 28.2 Å². The molecule has 0 aliphatic carbocycles. The van der Waals surface area contributed by atoms with E-state index in [0.29, 0.717) is 10.0 Å². The zero-order valence-corrected chi connectivity index (χ0v) is 21.8. The molecule has 0 aliphatic heterocycles. The molecule has 1 radical (unpaired) electrons. The molecule has 0 saturated carbocycles. The Kier molecular flexibility index (Phi) is 7.14. The second kappa shape index (κ2) is 10.4. The van der Waals surface area contributed by atoms with E-state index in [9.17, 15) is 0 Å². The largest absolute Gasteiger partial charge is 0.336 e. The van der Waals surface area contributed by atoms with Gasteiger partial charge in [-0.3, -0.25) is 4.98 Å². The Morgan fingerprint density at radius 3 is 2.43 bits per heavy atom. The third-order valence-electron chi connectivity index (χ3n) is 5.89. The van der Waals surface area contributed by atoms with E-state index in [2.05, 4.69) is 78.4 Å². The highest BCUT2D eigenvalue weighted by Crippen LogP contribution is 2.38. The molecule has 3 aromatic carbocycles. The number of pyridine rings is 1. The molecule has 0 spiro atoms. The lowest BCUT2D eigenvalue weighted by Gasteiger charge is -2.16. The smallest absolute Gasteiger partial charge is 0.115 e. The maximum Gasteiger partial charge on any atom is 0.115 e. The highest BCUT2D eigenvalue weighted by molar-refractivity contribution is 7.99. The summed E-state index contributed by atoms with van der Waals surface area (Å²) >= 11 is 14.1. The van der Waals surface area contributed by atoms with Gasteiger partial charge in [0.15, 0.2) is 0 Å². The number of rotatable bonds is 7. The van der Waals surface area contributed by atoms with Crippen LogP contribution in [0.1, 0.15) is 48.3 Å². The normalized spacial score (nSPS) is 12.4. The minimum atomic E-state index is 0.0109. The Bertz CT molecular complexity index is 1440. The lowest BCUT2D eigenvalue weighted by molar-refractivity contribution is 0.738. The fraction of sp³-hybridized carbons (Fsp3) is 0.172. The third-order valence-corrected chi connectivity index (χ3v) is 7.32. The Balaban J connectivity index is 1.58. The van der Waals surface area contributed by atoms with Crippen LogP contribution in [0.5, 0.6) is 0 Å². The van der Waals surface area contributed by atoms with Gasteiger partial charge in [-0.25, -0.2) is 4.98 Å². The molecule has 0 fully saturated rings. The number of hydrogen-bond donors (Lipinski definition) is 1. The lowest BCUT2D eigenvalue weighted by atomic mass is 9.90. The van der Waals surface area contributed by atoms with Crippen molar-refractivity contribution < 1.29 is 0 Å². The SMILES string of the molecule is CC(C)c1nc(C(Cc2ccncc2)c2[c]c3ccccc3cc2)[nH]c1Sc1cc(Cl)cc(Cl)c1. The lowest BCUT2D eigenvalue weighted by Crippen LogP contribution is -2.08. The van der Waals surface area contributed by atoms with Gasteiger partial charge in [-0.1, -0.05) is 85.2 Å². The van der Waals surface area contributed by atoms with Gasteiger partial charge in [0.1, 0.15) is 10.9 Å². The predicted molar refractivity (Wildman–Crippen MR) is 146 cm³/mol. The van der Waals surface area contributed by atoms with Crippen LogP contribution in [0.15, 0.2) is 89.0 Å². The molecule has 3 nitrogen and oxygen atoms in total. The number of hydrogen-bond acceptors (Lipinski definition) is 3. The zero-order chi connectivity index (χ0) is 24.4. The molecule has 175 valence electrons. The van der Waals surface area contributed by atoms with Gasteiger partial charge in [0.05, 0.1) is 5.69 Å². The van der Waals surface area contributed by atoms with Crippen LogP contribution in [-0.4, -0.2) is 15.0 Å². The van der Waals surface area contributed by atoms with E-state index in [0.717, 1.165) is 38.8 Å². The van der Waals surface area contributed by atoms with Gasteiger partial charge in [-0.05, 0) is 70.6 Å². The number of benzene rings is 3. The van der Waals surface area contributed by atoms with Crippen LogP contribution in [0, 0.1) is 6.07 Å². The average molecular weight is 518 g/mol. The molecule has 1 unspecified atom stereocenters. The predicted octanol–water partition coefficient (Wildman–Crippen LogP) is 8.71. The van der Waals surface area contributed by atoms with Crippen LogP contribution in [0.25, 0.3) is 10.8 Å². The summed E-state index contributed by atoms with van der Waals surface area (Å²) in [5.41, 5.74) is 3.33. The molecule has 1 N–H and O–H groups in total. The van der Waals surface area contributed by atoms with Crippen molar-refractivity contribution >= 4 is 45.7 Å². The van der Waals surface area contributed by atoms with Gasteiger partial charge >= 0.3 is 0 Å². The van der Waals surface area contributed by atoms with Crippen molar-refractivity contribution in [1.29, 1.82) is 0 Å². The van der Waals surface area contributed by atoms with E-state index >= 15 is 0 Å². The molecule has 5 aromatic rings. The summed E-state index contributed by atoms with van der Waals surface area (Å²) in [5, 5.41) is 4.52. The first kappa shape index (κ1) is 23.9. The summed E-state index contributed by atoms with van der Waals surface area (Å²) in [5.74, 6) is 1.18. The highest BCUT2D eigenvalue weighted by Gasteiger charge is 2.23. The van der Waals surface area contributed by atoms with E-state index in [-0.39, 0.29) is 11.8 Å². The summed E-state index contributed by atoms with van der Waals surface area (Å²) in [6.45, 7) is 4.32. The maximum atomic E-state index is 6.26. The minimum Gasteiger partial charge on any atom is -0.336 e. The van der Waals surface area contributed by atoms with Gasteiger partial charge in [0.25, 0.3) is 0 Å². The van der Waals surface area contributed by atoms with E-state index in [1.54, 1.807) is 17.8 Å². The Hall–Kier alpha value is -2.79. The summed E-state index contributed by atoms with van der Waals surface area (Å²) < 4.78 is 0. The maximum absolute atomic E-state index is 6.26. The summed E-state index contributed by atoms with van der Waals surface area (Å²) in [6.07, 6.45) is 4.46. The topological polar surface area (TPSA) is 41.6 Å². The molecular weight excluding hydrogens is 493 g/mol. The number of nitrogens with one attached hydrogen (secondary N) is 1. The van der Waals surface area contributed by atoms with Crippen LogP contribution >= 0.6 is 35.0 Å². The molecule has 1 atom stereocenters. The number of nitrogens with zero attached hydrogens (tertiary/aromatic N) is 2. The Morgan fingerprint density at radius 1 is 0.943 bits per heavy atom. The molecule has 6 heteroatoms. The van der Waals surface area contributed by atoms with Gasteiger partial charge in [0.2, 0.25) is 0 Å². The second-order valence-corrected chi connectivity index (χ2v) is 10.8. The monoisotopic (exact) mass is 516 g/mol. The molecule has 0 bridgehead atoms. The average Bonchev–Trinajstić information content (AvgIpc) is 3.26.